The van der Waals surface area contributed by atoms with Crippen molar-refractivity contribution in [2.45, 2.75) is 38.5 Å². The van der Waals surface area contributed by atoms with E-state index in [-0.39, 0.29) is 12.6 Å². The summed E-state index contributed by atoms with van der Waals surface area (Å²) < 4.78 is 13.0. The Morgan fingerprint density at radius 1 is 1.37 bits per heavy atom. The monoisotopic (exact) mass is 392 g/mol. The van der Waals surface area contributed by atoms with Crippen LogP contribution in [0.15, 0.2) is 24.3 Å². The van der Waals surface area contributed by atoms with Crippen LogP contribution in [0.2, 0.25) is 0 Å². The lowest BCUT2D eigenvalue weighted by atomic mass is 10.1. The van der Waals surface area contributed by atoms with Crippen molar-refractivity contribution < 1.29 is 19.1 Å². The van der Waals surface area contributed by atoms with E-state index in [1.165, 1.54) is 35.6 Å². The van der Waals surface area contributed by atoms with Gasteiger partial charge in [0, 0.05) is 11.7 Å². The average molecular weight is 392 g/mol. The maximum absolute atomic E-state index is 13.0. The summed E-state index contributed by atoms with van der Waals surface area (Å²) in [5.74, 6) is -2.06. The van der Waals surface area contributed by atoms with Gasteiger partial charge in [0.25, 0.3) is 0 Å². The number of hydrogen-bond donors (Lipinski definition) is 4. The number of nitrogens with one attached hydrogen (secondary N) is 3. The van der Waals surface area contributed by atoms with Gasteiger partial charge in [-0.1, -0.05) is 0 Å². The van der Waals surface area contributed by atoms with Crippen LogP contribution in [0.3, 0.4) is 0 Å². The third kappa shape index (κ3) is 4.68. The zero-order chi connectivity index (χ0) is 19.4. The molecular weight excluding hydrogens is 371 g/mol. The smallest absolute Gasteiger partial charge is 0.313 e. The topological polar surface area (TPSA) is 103 Å². The molecule has 2 amide bonds. The maximum Gasteiger partial charge on any atom is 0.313 e. The number of benzene rings is 1. The van der Waals surface area contributed by atoms with Gasteiger partial charge < -0.3 is 21.1 Å². The SMILES string of the molecule is Cc1nc(C(NC(=O)C(=O)Nc2ccc(F)cc2)C2CCCN2)sc1CO. The number of aromatic nitrogens is 1. The molecule has 1 fully saturated rings. The molecule has 0 bridgehead atoms. The maximum atomic E-state index is 13.0. The average Bonchev–Trinajstić information content (AvgIpc) is 3.31. The van der Waals surface area contributed by atoms with Crippen molar-refractivity contribution >= 4 is 28.8 Å². The second-order valence-corrected chi connectivity index (χ2v) is 7.45. The molecule has 0 saturated carbocycles. The minimum atomic E-state index is -0.833. The summed E-state index contributed by atoms with van der Waals surface area (Å²) in [6.07, 6.45) is 1.81. The van der Waals surface area contributed by atoms with Crippen LogP contribution >= 0.6 is 11.3 Å². The fourth-order valence-electron chi connectivity index (χ4n) is 2.99. The van der Waals surface area contributed by atoms with Crippen molar-refractivity contribution in [3.63, 3.8) is 0 Å². The van der Waals surface area contributed by atoms with Gasteiger partial charge in [0.1, 0.15) is 10.8 Å². The first-order valence-electron chi connectivity index (χ1n) is 8.66. The Morgan fingerprint density at radius 2 is 2.11 bits per heavy atom. The van der Waals surface area contributed by atoms with Crippen LogP contribution in [0.1, 0.15) is 34.5 Å². The number of anilines is 1. The molecular formula is C18H21FN4O3S. The molecule has 2 heterocycles. The molecule has 1 aromatic heterocycles. The second kappa shape index (κ2) is 8.55. The molecule has 7 nitrogen and oxygen atoms in total. The van der Waals surface area contributed by atoms with Crippen LogP contribution < -0.4 is 16.0 Å². The van der Waals surface area contributed by atoms with Gasteiger partial charge in [-0.25, -0.2) is 9.37 Å². The molecule has 144 valence electrons. The van der Waals surface area contributed by atoms with Gasteiger partial charge in [0.05, 0.1) is 23.2 Å². The molecule has 4 N–H and O–H groups in total. The van der Waals surface area contributed by atoms with E-state index < -0.39 is 23.7 Å². The minimum Gasteiger partial charge on any atom is -0.391 e. The highest BCUT2D eigenvalue weighted by molar-refractivity contribution is 7.11. The molecule has 2 unspecified atom stereocenters. The van der Waals surface area contributed by atoms with Gasteiger partial charge in [-0.15, -0.1) is 11.3 Å². The Balaban J connectivity index is 1.73. The van der Waals surface area contributed by atoms with E-state index in [0.717, 1.165) is 24.3 Å². The van der Waals surface area contributed by atoms with Crippen molar-refractivity contribution in [1.29, 1.82) is 0 Å². The molecule has 0 aliphatic carbocycles. The lowest BCUT2D eigenvalue weighted by molar-refractivity contribution is -0.136. The number of aliphatic hydroxyl groups is 1. The van der Waals surface area contributed by atoms with E-state index in [4.69, 9.17) is 0 Å². The molecule has 1 saturated heterocycles. The van der Waals surface area contributed by atoms with Crippen molar-refractivity contribution in [1.82, 2.24) is 15.6 Å². The van der Waals surface area contributed by atoms with Crippen molar-refractivity contribution in [2.24, 2.45) is 0 Å². The van der Waals surface area contributed by atoms with Gasteiger partial charge in [-0.3, -0.25) is 9.59 Å². The third-order valence-corrected chi connectivity index (χ3v) is 5.64. The molecule has 27 heavy (non-hydrogen) atoms. The third-order valence-electron chi connectivity index (χ3n) is 4.41. The van der Waals surface area contributed by atoms with Gasteiger partial charge >= 0.3 is 11.8 Å². The molecule has 1 aromatic carbocycles. The number of nitrogens with zero attached hydrogens (tertiary/aromatic N) is 1. The Morgan fingerprint density at radius 3 is 2.70 bits per heavy atom. The minimum absolute atomic E-state index is 0.0373. The Kier molecular flexibility index (Phi) is 6.15. The zero-order valence-corrected chi connectivity index (χ0v) is 15.6. The highest BCUT2D eigenvalue weighted by atomic mass is 32.1. The lowest BCUT2D eigenvalue weighted by Gasteiger charge is -2.23. The van der Waals surface area contributed by atoms with Crippen LogP contribution in [0.4, 0.5) is 10.1 Å². The van der Waals surface area contributed by atoms with E-state index in [0.29, 0.717) is 16.4 Å². The van der Waals surface area contributed by atoms with Crippen LogP contribution in [-0.2, 0) is 16.2 Å². The quantitative estimate of drug-likeness (QED) is 0.579. The summed E-state index contributed by atoms with van der Waals surface area (Å²) in [4.78, 5) is 29.8. The summed E-state index contributed by atoms with van der Waals surface area (Å²) in [5.41, 5.74) is 1.05. The Bertz CT molecular complexity index is 819. The predicted octanol–water partition coefficient (Wildman–Crippen LogP) is 1.63. The van der Waals surface area contributed by atoms with Crippen LogP contribution in [0.5, 0.6) is 0 Å². The summed E-state index contributed by atoms with van der Waals surface area (Å²) in [5, 5.41) is 18.6. The number of halogens is 1. The Labute approximate surface area is 160 Å². The number of carbonyl (C=O) groups excluding carboxylic acids is 2. The van der Waals surface area contributed by atoms with Crippen LogP contribution in [-0.4, -0.2) is 34.5 Å². The normalized spacial score (nSPS) is 17.5. The van der Waals surface area contributed by atoms with Crippen LogP contribution in [0.25, 0.3) is 0 Å². The molecule has 0 radical (unpaired) electrons. The van der Waals surface area contributed by atoms with Crippen LogP contribution in [0, 0.1) is 12.7 Å². The number of thiazole rings is 1. The van der Waals surface area contributed by atoms with Gasteiger partial charge in [-0.2, -0.15) is 0 Å². The van der Waals surface area contributed by atoms with Gasteiger partial charge in [0.2, 0.25) is 0 Å². The summed E-state index contributed by atoms with van der Waals surface area (Å²) >= 11 is 1.32. The first-order chi connectivity index (χ1) is 13.0. The summed E-state index contributed by atoms with van der Waals surface area (Å²) in [6, 6.07) is 4.66. The number of hydrogen-bond acceptors (Lipinski definition) is 6. The van der Waals surface area contributed by atoms with Crippen molar-refractivity contribution in [2.75, 3.05) is 11.9 Å². The molecule has 3 rings (SSSR count). The fourth-order valence-corrected chi connectivity index (χ4v) is 4.03. The van der Waals surface area contributed by atoms with E-state index in [1.54, 1.807) is 6.92 Å². The number of aryl methyl sites for hydroxylation is 1. The molecule has 2 atom stereocenters. The molecule has 1 aliphatic heterocycles. The molecule has 9 heteroatoms. The van der Waals surface area contributed by atoms with E-state index >= 15 is 0 Å². The number of aliphatic hydroxyl groups excluding tert-OH is 1. The highest BCUT2D eigenvalue weighted by Gasteiger charge is 2.32. The van der Waals surface area contributed by atoms with E-state index in [9.17, 15) is 19.1 Å². The number of amides is 2. The highest BCUT2D eigenvalue weighted by Crippen LogP contribution is 2.29. The largest absolute Gasteiger partial charge is 0.391 e. The van der Waals surface area contributed by atoms with E-state index in [1.807, 2.05) is 0 Å². The van der Waals surface area contributed by atoms with Gasteiger partial charge in [0.15, 0.2) is 0 Å². The van der Waals surface area contributed by atoms with Crippen molar-refractivity contribution in [3.05, 3.63) is 45.7 Å². The molecule has 0 spiro atoms. The molecule has 2 aromatic rings. The molecule has 1 aliphatic rings. The van der Waals surface area contributed by atoms with E-state index in [2.05, 4.69) is 20.9 Å². The standard InChI is InChI=1S/C18H21FN4O3S/c1-10-14(9-24)27-18(21-10)15(13-3-2-8-20-13)23-17(26)16(25)22-12-6-4-11(19)5-7-12/h4-7,13,15,20,24H,2-3,8-9H2,1H3,(H,22,25)(H,23,26). The number of rotatable bonds is 5. The Hall–Kier alpha value is -2.36. The summed E-state index contributed by atoms with van der Waals surface area (Å²) in [6.45, 7) is 2.51. The first kappa shape index (κ1) is 19.4. The lowest BCUT2D eigenvalue weighted by Crippen LogP contribution is -2.44. The predicted molar refractivity (Wildman–Crippen MR) is 99.7 cm³/mol. The summed E-state index contributed by atoms with van der Waals surface area (Å²) in [7, 11) is 0. The number of carbonyl (C=O) groups is 2. The second-order valence-electron chi connectivity index (χ2n) is 6.33. The fraction of sp³-hybridized carbons (Fsp3) is 0.389. The van der Waals surface area contributed by atoms with Gasteiger partial charge in [-0.05, 0) is 50.6 Å². The zero-order valence-electron chi connectivity index (χ0n) is 14.8. The first-order valence-corrected chi connectivity index (χ1v) is 9.47. The van der Waals surface area contributed by atoms with Crippen molar-refractivity contribution in [3.8, 4) is 0 Å².